The zero-order valence-corrected chi connectivity index (χ0v) is 17.0. The number of rotatable bonds is 6. The summed E-state index contributed by atoms with van der Waals surface area (Å²) in [7, 11) is 0. The van der Waals surface area contributed by atoms with Crippen molar-refractivity contribution in [3.05, 3.63) is 65.7 Å². The normalized spacial score (nSPS) is 14.7. The summed E-state index contributed by atoms with van der Waals surface area (Å²) >= 11 is 0. The Morgan fingerprint density at radius 3 is 2.37 bits per heavy atom. The van der Waals surface area contributed by atoms with E-state index in [2.05, 4.69) is 10.2 Å². The van der Waals surface area contributed by atoms with Crippen LogP contribution in [-0.2, 0) is 14.3 Å². The van der Waals surface area contributed by atoms with E-state index >= 15 is 0 Å². The summed E-state index contributed by atoms with van der Waals surface area (Å²) in [5, 5.41) is 11.6. The average molecular weight is 403 g/mol. The van der Waals surface area contributed by atoms with Gasteiger partial charge in [-0.25, -0.2) is 4.79 Å². The number of hydrogen-bond acceptors (Lipinski definition) is 5. The molecule has 0 radical (unpaired) electrons. The second-order valence-electron chi connectivity index (χ2n) is 7.23. The van der Waals surface area contributed by atoms with E-state index in [1.165, 1.54) is 32.3 Å². The van der Waals surface area contributed by atoms with Crippen molar-refractivity contribution < 1.29 is 14.3 Å². The molecule has 1 amide bonds. The first kappa shape index (κ1) is 21.1. The van der Waals surface area contributed by atoms with Crippen LogP contribution in [0.3, 0.4) is 0 Å². The van der Waals surface area contributed by atoms with Crippen molar-refractivity contribution in [2.24, 2.45) is 0 Å². The molecule has 1 aliphatic rings. The number of carbonyl (C=O) groups is 2. The predicted octanol–water partition coefficient (Wildman–Crippen LogP) is 4.13. The zero-order chi connectivity index (χ0) is 21.3. The van der Waals surface area contributed by atoms with Crippen LogP contribution in [0.2, 0.25) is 0 Å². The number of anilines is 2. The van der Waals surface area contributed by atoms with Crippen LogP contribution in [-0.4, -0.2) is 31.1 Å². The summed E-state index contributed by atoms with van der Waals surface area (Å²) < 4.78 is 5.17. The lowest BCUT2D eigenvalue weighted by atomic mass is 10.1. The van der Waals surface area contributed by atoms with E-state index in [9.17, 15) is 9.59 Å². The molecule has 2 aromatic carbocycles. The van der Waals surface area contributed by atoms with E-state index in [1.54, 1.807) is 30.3 Å². The summed E-state index contributed by atoms with van der Waals surface area (Å²) in [6, 6.07) is 16.5. The number of nitrogens with zero attached hydrogens (tertiary/aromatic N) is 2. The molecule has 0 saturated carbocycles. The van der Waals surface area contributed by atoms with Crippen LogP contribution in [0, 0.1) is 11.3 Å². The Kier molecular flexibility index (Phi) is 7.23. The highest BCUT2D eigenvalue weighted by Crippen LogP contribution is 2.22. The van der Waals surface area contributed by atoms with Crippen molar-refractivity contribution >= 4 is 29.3 Å². The summed E-state index contributed by atoms with van der Waals surface area (Å²) in [4.78, 5) is 26.7. The number of hydrogen-bond donors (Lipinski definition) is 1. The zero-order valence-electron chi connectivity index (χ0n) is 17.0. The van der Waals surface area contributed by atoms with Crippen molar-refractivity contribution in [3.8, 4) is 6.07 Å². The molecular formula is C24H25N3O3. The van der Waals surface area contributed by atoms with Crippen LogP contribution in [0.5, 0.6) is 0 Å². The predicted molar refractivity (Wildman–Crippen MR) is 117 cm³/mol. The van der Waals surface area contributed by atoms with Gasteiger partial charge in [0, 0.05) is 30.5 Å². The van der Waals surface area contributed by atoms with Gasteiger partial charge in [-0.15, -0.1) is 0 Å². The maximum Gasteiger partial charge on any atom is 0.331 e. The Balaban J connectivity index is 1.49. The van der Waals surface area contributed by atoms with Crippen LogP contribution < -0.4 is 10.2 Å². The number of ether oxygens (including phenoxy) is 1. The third-order valence-electron chi connectivity index (χ3n) is 4.97. The third-order valence-corrected chi connectivity index (χ3v) is 4.97. The van der Waals surface area contributed by atoms with E-state index < -0.39 is 12.1 Å². The van der Waals surface area contributed by atoms with Gasteiger partial charge < -0.3 is 15.0 Å². The molecule has 0 aliphatic carbocycles. The van der Waals surface area contributed by atoms with Gasteiger partial charge in [0.25, 0.3) is 5.91 Å². The minimum absolute atomic E-state index is 0.388. The molecule has 1 N–H and O–H groups in total. The molecule has 6 nitrogen and oxygen atoms in total. The fraction of sp³-hybridized carbons (Fsp3) is 0.292. The van der Waals surface area contributed by atoms with Gasteiger partial charge in [-0.1, -0.05) is 12.1 Å². The molecule has 1 saturated heterocycles. The van der Waals surface area contributed by atoms with Gasteiger partial charge in [0.05, 0.1) is 11.6 Å². The standard InChI is InChI=1S/C24H25N3O3/c1-18(30-23(28)14-9-19-5-7-20(17-25)8-6-19)24(29)26-21-10-12-22(13-11-21)27-15-3-2-4-16-27/h5-14,18H,2-4,15-16H2,1H3,(H,26,29)/b14-9+/t18-/m0/s1. The van der Waals surface area contributed by atoms with E-state index in [0.717, 1.165) is 24.3 Å². The topological polar surface area (TPSA) is 82.4 Å². The summed E-state index contributed by atoms with van der Waals surface area (Å²) in [5.74, 6) is -0.997. The van der Waals surface area contributed by atoms with Crippen molar-refractivity contribution in [1.29, 1.82) is 5.26 Å². The van der Waals surface area contributed by atoms with E-state index in [-0.39, 0.29) is 5.91 Å². The number of carbonyl (C=O) groups excluding carboxylic acids is 2. The molecule has 0 unspecified atom stereocenters. The molecule has 3 rings (SSSR count). The molecular weight excluding hydrogens is 378 g/mol. The lowest BCUT2D eigenvalue weighted by Crippen LogP contribution is -2.30. The van der Waals surface area contributed by atoms with Gasteiger partial charge >= 0.3 is 5.97 Å². The first-order chi connectivity index (χ1) is 14.5. The second kappa shape index (κ2) is 10.3. The molecule has 2 aromatic rings. The smallest absolute Gasteiger partial charge is 0.331 e. The average Bonchev–Trinajstić information content (AvgIpc) is 2.79. The van der Waals surface area contributed by atoms with Crippen molar-refractivity contribution in [1.82, 2.24) is 0 Å². The highest BCUT2D eigenvalue weighted by Gasteiger charge is 2.17. The van der Waals surface area contributed by atoms with Gasteiger partial charge in [-0.05, 0) is 74.2 Å². The van der Waals surface area contributed by atoms with E-state index in [4.69, 9.17) is 10.00 Å². The number of nitriles is 1. The number of piperidine rings is 1. The Bertz CT molecular complexity index is 937. The van der Waals surface area contributed by atoms with Crippen molar-refractivity contribution in [2.75, 3.05) is 23.3 Å². The summed E-state index contributed by atoms with van der Waals surface area (Å²) in [6.07, 6.45) is 5.61. The van der Waals surface area contributed by atoms with Crippen molar-refractivity contribution in [3.63, 3.8) is 0 Å². The van der Waals surface area contributed by atoms with Gasteiger partial charge in [-0.2, -0.15) is 5.26 Å². The molecule has 0 spiro atoms. The highest BCUT2D eigenvalue weighted by molar-refractivity contribution is 5.96. The maximum atomic E-state index is 12.3. The molecule has 1 fully saturated rings. The molecule has 154 valence electrons. The Morgan fingerprint density at radius 2 is 1.73 bits per heavy atom. The number of amides is 1. The molecule has 1 heterocycles. The van der Waals surface area contributed by atoms with Gasteiger partial charge in [0.15, 0.2) is 6.10 Å². The van der Waals surface area contributed by atoms with Crippen LogP contribution in [0.25, 0.3) is 6.08 Å². The minimum Gasteiger partial charge on any atom is -0.449 e. The monoisotopic (exact) mass is 403 g/mol. The van der Waals surface area contributed by atoms with Gasteiger partial charge in [-0.3, -0.25) is 4.79 Å². The van der Waals surface area contributed by atoms with Crippen LogP contribution >= 0.6 is 0 Å². The van der Waals surface area contributed by atoms with E-state index in [0.29, 0.717) is 11.3 Å². The molecule has 1 atom stereocenters. The Labute approximate surface area is 176 Å². The largest absolute Gasteiger partial charge is 0.449 e. The Hall–Kier alpha value is -3.59. The quantitative estimate of drug-likeness (QED) is 0.579. The van der Waals surface area contributed by atoms with Crippen LogP contribution in [0.15, 0.2) is 54.6 Å². The van der Waals surface area contributed by atoms with Gasteiger partial charge in [0.1, 0.15) is 0 Å². The molecule has 30 heavy (non-hydrogen) atoms. The first-order valence-electron chi connectivity index (χ1n) is 10.1. The van der Waals surface area contributed by atoms with Gasteiger partial charge in [0.2, 0.25) is 0 Å². The second-order valence-corrected chi connectivity index (χ2v) is 7.23. The molecule has 0 bridgehead atoms. The molecule has 0 aromatic heterocycles. The fourth-order valence-electron chi connectivity index (χ4n) is 3.25. The third kappa shape index (κ3) is 5.95. The number of esters is 1. The number of benzene rings is 2. The lowest BCUT2D eigenvalue weighted by molar-refractivity contribution is -0.148. The van der Waals surface area contributed by atoms with Crippen molar-refractivity contribution in [2.45, 2.75) is 32.3 Å². The minimum atomic E-state index is -0.926. The first-order valence-corrected chi connectivity index (χ1v) is 10.1. The van der Waals surface area contributed by atoms with Crippen LogP contribution in [0.1, 0.15) is 37.3 Å². The van der Waals surface area contributed by atoms with Crippen LogP contribution in [0.4, 0.5) is 11.4 Å². The molecule has 6 heteroatoms. The fourth-order valence-corrected chi connectivity index (χ4v) is 3.25. The molecule has 1 aliphatic heterocycles. The number of nitrogens with one attached hydrogen (secondary N) is 1. The summed E-state index contributed by atoms with van der Waals surface area (Å²) in [5.41, 5.74) is 3.12. The SMILES string of the molecule is C[C@H](OC(=O)/C=C/c1ccc(C#N)cc1)C(=O)Nc1ccc(N2CCCCC2)cc1. The Morgan fingerprint density at radius 1 is 1.07 bits per heavy atom. The maximum absolute atomic E-state index is 12.3. The lowest BCUT2D eigenvalue weighted by Gasteiger charge is -2.28. The highest BCUT2D eigenvalue weighted by atomic mass is 16.5. The van der Waals surface area contributed by atoms with E-state index in [1.807, 2.05) is 30.3 Å². The summed E-state index contributed by atoms with van der Waals surface area (Å²) in [6.45, 7) is 3.66.